The first kappa shape index (κ1) is 38.0. The molecular formula is C60H41N3S. The second-order valence-corrected chi connectivity index (χ2v) is 17.9. The van der Waals surface area contributed by atoms with Gasteiger partial charge in [-0.05, 0) is 124 Å². The first-order chi connectivity index (χ1) is 31.5. The number of aromatic nitrogens is 3. The third-order valence-corrected chi connectivity index (χ3v) is 14.0. The molecule has 0 amide bonds. The lowest BCUT2D eigenvalue weighted by molar-refractivity contribution is 0.722. The predicted octanol–water partition coefficient (Wildman–Crippen LogP) is 15.3. The summed E-state index contributed by atoms with van der Waals surface area (Å²) in [6, 6.07) is 76.8. The molecule has 12 rings (SSSR count). The minimum atomic E-state index is -0.574. The molecule has 0 bridgehead atoms. The molecule has 2 aromatic heterocycles. The lowest BCUT2D eigenvalue weighted by atomic mass is 9.67. The second kappa shape index (κ2) is 15.3. The minimum Gasteiger partial charge on any atom is -0.248 e. The van der Waals surface area contributed by atoms with Crippen molar-refractivity contribution in [3.8, 4) is 78.5 Å². The van der Waals surface area contributed by atoms with E-state index in [1.807, 2.05) is 17.8 Å². The Morgan fingerprint density at radius 2 is 0.875 bits per heavy atom. The van der Waals surface area contributed by atoms with E-state index in [1.165, 1.54) is 59.9 Å². The number of hydrogen-bond acceptors (Lipinski definition) is 4. The molecule has 0 radical (unpaired) electrons. The molecular weight excluding hydrogens is 795 g/mol. The van der Waals surface area contributed by atoms with E-state index >= 15 is 0 Å². The standard InChI is InChI=1S/C60H41N3S/c1-38-32-53(42-18-7-4-8-19-42)62-54(33-38)45-21-15-20-44(35-45)48-36-46(59-61-39(2)34-55(63-59)43-30-28-41(29-31-43)40-16-5-3-6-17-40)37-52-58(48)47-22-9-10-23-49(47)60(52)50-24-11-13-26-56(50)64-57-27-14-12-25-51(57)60/h3-37H,1-2H3. The van der Waals surface area contributed by atoms with Crippen molar-refractivity contribution in [3.05, 3.63) is 246 Å². The highest BCUT2D eigenvalue weighted by molar-refractivity contribution is 7.99. The zero-order valence-electron chi connectivity index (χ0n) is 35.5. The van der Waals surface area contributed by atoms with Crippen LogP contribution in [0.4, 0.5) is 0 Å². The van der Waals surface area contributed by atoms with Crippen LogP contribution in [0.1, 0.15) is 33.5 Å². The third kappa shape index (κ3) is 6.25. The number of benzene rings is 8. The maximum absolute atomic E-state index is 5.40. The van der Waals surface area contributed by atoms with Crippen LogP contribution in [0.3, 0.4) is 0 Å². The third-order valence-electron chi connectivity index (χ3n) is 12.9. The molecule has 0 N–H and O–H groups in total. The van der Waals surface area contributed by atoms with E-state index in [9.17, 15) is 0 Å². The highest BCUT2D eigenvalue weighted by Crippen LogP contribution is 2.64. The number of hydrogen-bond donors (Lipinski definition) is 0. The Balaban J connectivity index is 1.11. The molecule has 0 saturated carbocycles. The van der Waals surface area contributed by atoms with Crippen molar-refractivity contribution in [1.29, 1.82) is 0 Å². The molecule has 3 heterocycles. The number of nitrogens with zero attached hydrogens (tertiary/aromatic N) is 3. The van der Waals surface area contributed by atoms with Crippen molar-refractivity contribution in [2.24, 2.45) is 0 Å². The van der Waals surface area contributed by atoms with Gasteiger partial charge in [-0.1, -0.05) is 176 Å². The van der Waals surface area contributed by atoms with Crippen molar-refractivity contribution in [2.75, 3.05) is 0 Å². The van der Waals surface area contributed by atoms with Crippen LogP contribution in [0.25, 0.3) is 78.5 Å². The molecule has 4 heteroatoms. The lowest BCUT2D eigenvalue weighted by Crippen LogP contribution is -2.32. The van der Waals surface area contributed by atoms with Crippen LogP contribution in [0.15, 0.2) is 222 Å². The van der Waals surface area contributed by atoms with Crippen LogP contribution in [0, 0.1) is 13.8 Å². The Labute approximate surface area is 378 Å². The van der Waals surface area contributed by atoms with Gasteiger partial charge in [0.2, 0.25) is 0 Å². The van der Waals surface area contributed by atoms with E-state index in [4.69, 9.17) is 15.0 Å². The van der Waals surface area contributed by atoms with Crippen molar-refractivity contribution >= 4 is 11.8 Å². The summed E-state index contributed by atoms with van der Waals surface area (Å²) in [5.41, 5.74) is 20.7. The van der Waals surface area contributed by atoms with Crippen LogP contribution in [-0.2, 0) is 5.41 Å². The Morgan fingerprint density at radius 1 is 0.344 bits per heavy atom. The fraction of sp³-hybridized carbons (Fsp3) is 0.0500. The summed E-state index contributed by atoms with van der Waals surface area (Å²) in [5, 5.41) is 0. The van der Waals surface area contributed by atoms with Crippen LogP contribution in [0.5, 0.6) is 0 Å². The summed E-state index contributed by atoms with van der Waals surface area (Å²) in [7, 11) is 0. The van der Waals surface area contributed by atoms with E-state index in [-0.39, 0.29) is 0 Å². The molecule has 0 saturated heterocycles. The molecule has 0 unspecified atom stereocenters. The minimum absolute atomic E-state index is 0.574. The maximum atomic E-state index is 5.40. The molecule has 1 aliphatic carbocycles. The summed E-state index contributed by atoms with van der Waals surface area (Å²) in [5.74, 6) is 0.702. The van der Waals surface area contributed by atoms with Gasteiger partial charge in [-0.25, -0.2) is 15.0 Å². The van der Waals surface area contributed by atoms with Gasteiger partial charge in [0.05, 0.1) is 22.5 Å². The predicted molar refractivity (Wildman–Crippen MR) is 263 cm³/mol. The monoisotopic (exact) mass is 835 g/mol. The molecule has 0 atom stereocenters. The molecule has 3 nitrogen and oxygen atoms in total. The summed E-state index contributed by atoms with van der Waals surface area (Å²) in [6.07, 6.45) is 0. The van der Waals surface area contributed by atoms with E-state index in [2.05, 4.69) is 220 Å². The van der Waals surface area contributed by atoms with Gasteiger partial charge in [0, 0.05) is 37.7 Å². The second-order valence-electron chi connectivity index (χ2n) is 16.9. The number of aryl methyl sites for hydroxylation is 2. The highest BCUT2D eigenvalue weighted by atomic mass is 32.2. The van der Waals surface area contributed by atoms with Gasteiger partial charge >= 0.3 is 0 Å². The van der Waals surface area contributed by atoms with E-state index in [1.54, 1.807) is 0 Å². The average molecular weight is 836 g/mol. The van der Waals surface area contributed by atoms with Crippen LogP contribution >= 0.6 is 11.8 Å². The van der Waals surface area contributed by atoms with E-state index < -0.39 is 5.41 Å². The molecule has 1 spiro atoms. The van der Waals surface area contributed by atoms with Crippen molar-refractivity contribution in [2.45, 2.75) is 29.1 Å². The molecule has 8 aromatic carbocycles. The van der Waals surface area contributed by atoms with Crippen LogP contribution in [0.2, 0.25) is 0 Å². The largest absolute Gasteiger partial charge is 0.248 e. The van der Waals surface area contributed by atoms with Gasteiger partial charge in [0.1, 0.15) is 0 Å². The molecule has 1 aliphatic heterocycles. The summed E-state index contributed by atoms with van der Waals surface area (Å²) >= 11 is 1.86. The Hall–Kier alpha value is -7.66. The molecule has 302 valence electrons. The van der Waals surface area contributed by atoms with Gasteiger partial charge in [-0.3, -0.25) is 0 Å². The number of rotatable bonds is 6. The maximum Gasteiger partial charge on any atom is 0.160 e. The molecule has 10 aromatic rings. The van der Waals surface area contributed by atoms with Gasteiger partial charge in [-0.15, -0.1) is 0 Å². The first-order valence-electron chi connectivity index (χ1n) is 21.8. The summed E-state index contributed by atoms with van der Waals surface area (Å²) in [4.78, 5) is 18.4. The summed E-state index contributed by atoms with van der Waals surface area (Å²) in [6.45, 7) is 4.23. The van der Waals surface area contributed by atoms with Gasteiger partial charge in [0.15, 0.2) is 5.82 Å². The summed E-state index contributed by atoms with van der Waals surface area (Å²) < 4.78 is 0. The van der Waals surface area contributed by atoms with Crippen LogP contribution < -0.4 is 0 Å². The van der Waals surface area contributed by atoms with E-state index in [0.717, 1.165) is 56.2 Å². The van der Waals surface area contributed by atoms with Crippen molar-refractivity contribution < 1.29 is 0 Å². The molecule has 0 fully saturated rings. The molecule has 64 heavy (non-hydrogen) atoms. The normalized spacial score (nSPS) is 12.9. The highest BCUT2D eigenvalue weighted by Gasteiger charge is 2.51. The van der Waals surface area contributed by atoms with Crippen molar-refractivity contribution in [3.63, 3.8) is 0 Å². The lowest BCUT2D eigenvalue weighted by Gasteiger charge is -2.39. The van der Waals surface area contributed by atoms with Gasteiger partial charge in [-0.2, -0.15) is 0 Å². The van der Waals surface area contributed by atoms with Gasteiger partial charge in [0.25, 0.3) is 0 Å². The van der Waals surface area contributed by atoms with E-state index in [0.29, 0.717) is 5.82 Å². The average Bonchev–Trinajstić information content (AvgIpc) is 3.64. The zero-order valence-corrected chi connectivity index (χ0v) is 36.3. The zero-order chi connectivity index (χ0) is 42.8. The number of fused-ring (bicyclic) bond motifs is 9. The Kier molecular flexibility index (Phi) is 9.10. The van der Waals surface area contributed by atoms with Gasteiger partial charge < -0.3 is 0 Å². The Morgan fingerprint density at radius 3 is 1.59 bits per heavy atom. The fourth-order valence-electron chi connectivity index (χ4n) is 10.1. The van der Waals surface area contributed by atoms with Crippen LogP contribution in [-0.4, -0.2) is 15.0 Å². The first-order valence-corrected chi connectivity index (χ1v) is 22.6. The molecule has 2 aliphatic rings. The van der Waals surface area contributed by atoms with Crippen molar-refractivity contribution in [1.82, 2.24) is 15.0 Å². The topological polar surface area (TPSA) is 38.7 Å². The smallest absolute Gasteiger partial charge is 0.160 e. The SMILES string of the molecule is Cc1cc(-c2ccccc2)nc(-c2cccc(-c3cc(-c4nc(C)cc(-c5ccc(-c6ccccc6)cc5)n4)cc4c3-c3ccccc3C43c4ccccc4Sc4ccccc43)c2)c1. The quantitative estimate of drug-likeness (QED) is 0.167. The fourth-order valence-corrected chi connectivity index (χ4v) is 11.3. The number of pyridine rings is 1. The Bertz CT molecular complexity index is 3390.